The number of rotatable bonds is 6. The van der Waals surface area contributed by atoms with Crippen LogP contribution in [0.5, 0.6) is 5.75 Å². The Morgan fingerprint density at radius 3 is 2.65 bits per heavy atom. The molecule has 23 heavy (non-hydrogen) atoms. The van der Waals surface area contributed by atoms with E-state index in [-0.39, 0.29) is 18.4 Å². The second-order valence-electron chi connectivity index (χ2n) is 5.27. The number of benzene rings is 2. The topological polar surface area (TPSA) is 50.4 Å². The molecule has 0 aliphatic carbocycles. The lowest BCUT2D eigenvalue weighted by Gasteiger charge is -2.11. The van der Waals surface area contributed by atoms with Crippen LogP contribution in [-0.4, -0.2) is 19.7 Å². The minimum Gasteiger partial charge on any atom is -0.496 e. The summed E-state index contributed by atoms with van der Waals surface area (Å²) < 4.78 is 18.8. The van der Waals surface area contributed by atoms with E-state index in [1.54, 1.807) is 25.3 Å². The number of hydrogen-bond acceptors (Lipinski definition) is 2. The van der Waals surface area contributed by atoms with Gasteiger partial charge in [-0.2, -0.15) is 0 Å². The summed E-state index contributed by atoms with van der Waals surface area (Å²) in [6.07, 6.45) is 0.665. The van der Waals surface area contributed by atoms with E-state index in [2.05, 4.69) is 10.6 Å². The van der Waals surface area contributed by atoms with Crippen molar-refractivity contribution in [1.29, 1.82) is 0 Å². The van der Waals surface area contributed by atoms with Crippen LogP contribution < -0.4 is 15.4 Å². The van der Waals surface area contributed by atoms with Crippen molar-refractivity contribution < 1.29 is 13.9 Å². The third kappa shape index (κ3) is 4.98. The van der Waals surface area contributed by atoms with Gasteiger partial charge in [0.15, 0.2) is 0 Å². The van der Waals surface area contributed by atoms with Gasteiger partial charge < -0.3 is 15.4 Å². The largest absolute Gasteiger partial charge is 0.496 e. The minimum atomic E-state index is -0.322. The molecule has 2 N–H and O–H groups in total. The van der Waals surface area contributed by atoms with Crippen molar-refractivity contribution in [1.82, 2.24) is 10.6 Å². The Hall–Kier alpha value is -2.56. The number of methoxy groups -OCH3 is 1. The molecule has 0 atom stereocenters. The highest BCUT2D eigenvalue weighted by Gasteiger charge is 2.06. The number of amides is 2. The smallest absolute Gasteiger partial charge is 0.315 e. The molecular formula is C18H21FN2O2. The maximum atomic E-state index is 13.4. The number of hydrogen-bond donors (Lipinski definition) is 2. The van der Waals surface area contributed by atoms with E-state index < -0.39 is 0 Å². The highest BCUT2D eigenvalue weighted by molar-refractivity contribution is 5.73. The Morgan fingerprint density at radius 1 is 1.13 bits per heavy atom. The van der Waals surface area contributed by atoms with E-state index in [1.807, 2.05) is 25.1 Å². The summed E-state index contributed by atoms with van der Waals surface area (Å²) in [7, 11) is 1.63. The van der Waals surface area contributed by atoms with Crippen molar-refractivity contribution >= 4 is 6.03 Å². The summed E-state index contributed by atoms with van der Waals surface area (Å²) in [6, 6.07) is 12.0. The number of carbonyl (C=O) groups excluding carboxylic acids is 1. The summed E-state index contributed by atoms with van der Waals surface area (Å²) in [6.45, 7) is 2.65. The molecule has 2 amide bonds. The van der Waals surface area contributed by atoms with Crippen molar-refractivity contribution in [3.05, 3.63) is 65.0 Å². The van der Waals surface area contributed by atoms with Crippen molar-refractivity contribution in [3.63, 3.8) is 0 Å². The van der Waals surface area contributed by atoms with Gasteiger partial charge >= 0.3 is 6.03 Å². The molecule has 2 aromatic rings. The maximum absolute atomic E-state index is 13.4. The van der Waals surface area contributed by atoms with Gasteiger partial charge in [-0.05, 0) is 31.0 Å². The van der Waals surface area contributed by atoms with Gasteiger partial charge in [0.25, 0.3) is 0 Å². The SMILES string of the molecule is COc1ccc(C)cc1CCNC(=O)NCc1ccccc1F. The fraction of sp³-hybridized carbons (Fsp3) is 0.278. The normalized spacial score (nSPS) is 10.2. The van der Waals surface area contributed by atoms with Crippen LogP contribution in [0.2, 0.25) is 0 Å². The summed E-state index contributed by atoms with van der Waals surface area (Å²) in [5.41, 5.74) is 2.65. The Morgan fingerprint density at radius 2 is 1.91 bits per heavy atom. The second-order valence-corrected chi connectivity index (χ2v) is 5.27. The Balaban J connectivity index is 1.79. The molecule has 0 unspecified atom stereocenters. The first-order valence-corrected chi connectivity index (χ1v) is 7.49. The number of nitrogens with one attached hydrogen (secondary N) is 2. The van der Waals surface area contributed by atoms with E-state index in [0.717, 1.165) is 16.9 Å². The van der Waals surface area contributed by atoms with Crippen molar-refractivity contribution in [3.8, 4) is 5.75 Å². The average Bonchev–Trinajstić information content (AvgIpc) is 2.54. The van der Waals surface area contributed by atoms with E-state index in [9.17, 15) is 9.18 Å². The molecule has 0 aliphatic rings. The summed E-state index contributed by atoms with van der Waals surface area (Å²) in [4.78, 5) is 11.8. The molecule has 0 aliphatic heterocycles. The second kappa shape index (κ2) is 8.17. The third-order valence-corrected chi connectivity index (χ3v) is 3.51. The fourth-order valence-corrected chi connectivity index (χ4v) is 2.29. The van der Waals surface area contributed by atoms with E-state index in [0.29, 0.717) is 18.5 Å². The summed E-state index contributed by atoms with van der Waals surface area (Å²) in [5, 5.41) is 5.41. The molecular weight excluding hydrogens is 295 g/mol. The molecule has 2 rings (SSSR count). The van der Waals surface area contributed by atoms with Crippen LogP contribution in [-0.2, 0) is 13.0 Å². The first-order valence-electron chi connectivity index (χ1n) is 7.49. The lowest BCUT2D eigenvalue weighted by atomic mass is 10.1. The van der Waals surface area contributed by atoms with Gasteiger partial charge in [-0.25, -0.2) is 9.18 Å². The molecule has 0 saturated heterocycles. The standard InChI is InChI=1S/C18H21FN2O2/c1-13-7-8-17(23-2)14(11-13)9-10-20-18(22)21-12-15-5-3-4-6-16(15)19/h3-8,11H,9-10,12H2,1-2H3,(H2,20,21,22). The predicted octanol–water partition coefficient (Wildman–Crippen LogP) is 3.18. The predicted molar refractivity (Wildman–Crippen MR) is 88.1 cm³/mol. The number of urea groups is 1. The highest BCUT2D eigenvalue weighted by atomic mass is 19.1. The molecule has 0 aromatic heterocycles. The minimum absolute atomic E-state index is 0.159. The maximum Gasteiger partial charge on any atom is 0.315 e. The van der Waals surface area contributed by atoms with Gasteiger partial charge in [-0.1, -0.05) is 35.9 Å². The Bertz CT molecular complexity index is 674. The van der Waals surface area contributed by atoms with Crippen LogP contribution in [0.4, 0.5) is 9.18 Å². The van der Waals surface area contributed by atoms with Crippen LogP contribution in [0.1, 0.15) is 16.7 Å². The third-order valence-electron chi connectivity index (χ3n) is 3.51. The zero-order valence-corrected chi connectivity index (χ0v) is 13.4. The first-order chi connectivity index (χ1) is 11.1. The van der Waals surface area contributed by atoms with Gasteiger partial charge in [0.2, 0.25) is 0 Å². The molecule has 0 fully saturated rings. The molecule has 0 saturated carbocycles. The van der Waals surface area contributed by atoms with Crippen LogP contribution >= 0.6 is 0 Å². The number of ether oxygens (including phenoxy) is 1. The van der Waals surface area contributed by atoms with Gasteiger partial charge in [0, 0.05) is 18.7 Å². The lowest BCUT2D eigenvalue weighted by molar-refractivity contribution is 0.240. The molecule has 2 aromatic carbocycles. The number of carbonyl (C=O) groups is 1. The first kappa shape index (κ1) is 16.8. The van der Waals surface area contributed by atoms with Gasteiger partial charge in [-0.15, -0.1) is 0 Å². The van der Waals surface area contributed by atoms with Gasteiger partial charge in [0.1, 0.15) is 11.6 Å². The average molecular weight is 316 g/mol. The van der Waals surface area contributed by atoms with Crippen LogP contribution in [0.3, 0.4) is 0 Å². The van der Waals surface area contributed by atoms with Gasteiger partial charge in [-0.3, -0.25) is 0 Å². The molecule has 0 bridgehead atoms. The van der Waals surface area contributed by atoms with E-state index in [4.69, 9.17) is 4.74 Å². The number of aryl methyl sites for hydroxylation is 1. The molecule has 0 radical (unpaired) electrons. The highest BCUT2D eigenvalue weighted by Crippen LogP contribution is 2.19. The molecule has 5 heteroatoms. The molecule has 0 spiro atoms. The quantitative estimate of drug-likeness (QED) is 0.860. The monoisotopic (exact) mass is 316 g/mol. The fourth-order valence-electron chi connectivity index (χ4n) is 2.29. The summed E-state index contributed by atoms with van der Waals surface area (Å²) >= 11 is 0. The van der Waals surface area contributed by atoms with E-state index >= 15 is 0 Å². The van der Waals surface area contributed by atoms with Crippen molar-refractivity contribution in [2.24, 2.45) is 0 Å². The van der Waals surface area contributed by atoms with Crippen molar-refractivity contribution in [2.45, 2.75) is 19.9 Å². The Kier molecular flexibility index (Phi) is 5.97. The molecule has 4 nitrogen and oxygen atoms in total. The zero-order valence-electron chi connectivity index (χ0n) is 13.4. The van der Waals surface area contributed by atoms with E-state index in [1.165, 1.54) is 6.07 Å². The number of halogens is 1. The van der Waals surface area contributed by atoms with Gasteiger partial charge in [0.05, 0.1) is 7.11 Å². The van der Waals surface area contributed by atoms with Crippen LogP contribution in [0, 0.1) is 12.7 Å². The molecule has 122 valence electrons. The lowest BCUT2D eigenvalue weighted by Crippen LogP contribution is -2.36. The molecule has 0 heterocycles. The van der Waals surface area contributed by atoms with Crippen LogP contribution in [0.25, 0.3) is 0 Å². The zero-order chi connectivity index (χ0) is 16.7. The summed E-state index contributed by atoms with van der Waals surface area (Å²) in [5.74, 6) is 0.487. The van der Waals surface area contributed by atoms with Crippen molar-refractivity contribution in [2.75, 3.05) is 13.7 Å². The van der Waals surface area contributed by atoms with Crippen LogP contribution in [0.15, 0.2) is 42.5 Å². The Labute approximate surface area is 135 Å².